The number of nitrogens with zero attached hydrogens (tertiary/aromatic N) is 3. The highest BCUT2D eigenvalue weighted by atomic mass is 35.5. The summed E-state index contributed by atoms with van der Waals surface area (Å²) in [6, 6.07) is 12.9. The number of hydrogen-bond donors (Lipinski definition) is 3. The van der Waals surface area contributed by atoms with Crippen molar-refractivity contribution in [3.8, 4) is 0 Å². The van der Waals surface area contributed by atoms with Crippen LogP contribution in [0.5, 0.6) is 0 Å². The van der Waals surface area contributed by atoms with Crippen LogP contribution < -0.4 is 14.6 Å². The first-order valence-electron chi connectivity index (χ1n) is 11.0. The summed E-state index contributed by atoms with van der Waals surface area (Å²) in [6.45, 7) is 5.40. The molecule has 14 heteroatoms. The molecule has 196 valence electrons. The van der Waals surface area contributed by atoms with Gasteiger partial charge in [-0.05, 0) is 62.2 Å². The Morgan fingerprint density at radius 2 is 1.64 bits per heavy atom. The maximum Gasteiger partial charge on any atom is 0.274 e. The Morgan fingerprint density at radius 3 is 2.17 bits per heavy atom. The fraction of sp³-hybridized carbons (Fsp3) is 0.364. The zero-order chi connectivity index (χ0) is 26.7. The molecule has 0 aliphatic carbocycles. The van der Waals surface area contributed by atoms with Crippen LogP contribution in [0, 0.1) is 5.92 Å². The quantitative estimate of drug-likeness (QED) is 0.327. The van der Waals surface area contributed by atoms with Crippen LogP contribution in [-0.4, -0.2) is 52.1 Å². The van der Waals surface area contributed by atoms with Gasteiger partial charge in [-0.15, -0.1) is 0 Å². The zero-order valence-electron chi connectivity index (χ0n) is 19.9. The maximum atomic E-state index is 13.1. The number of guanidine groups is 1. The highest BCUT2D eigenvalue weighted by molar-refractivity contribution is 7.90. The molecule has 2 aromatic carbocycles. The Balaban J connectivity index is 2.00. The van der Waals surface area contributed by atoms with Gasteiger partial charge in [-0.1, -0.05) is 42.3 Å². The van der Waals surface area contributed by atoms with Gasteiger partial charge in [-0.3, -0.25) is 0 Å². The lowest BCUT2D eigenvalue weighted by molar-refractivity contribution is 0.419. The van der Waals surface area contributed by atoms with Gasteiger partial charge in [0.05, 0.1) is 23.7 Å². The molecule has 10 nitrogen and oxygen atoms in total. The Hall–Kier alpha value is -2.22. The largest absolute Gasteiger partial charge is 0.274 e. The van der Waals surface area contributed by atoms with Gasteiger partial charge >= 0.3 is 0 Å². The van der Waals surface area contributed by atoms with Crippen molar-refractivity contribution in [2.24, 2.45) is 21.2 Å². The average Bonchev–Trinajstić information content (AvgIpc) is 3.20. The Kier molecular flexibility index (Phi) is 8.69. The number of nitrogens with one attached hydrogen (secondary N) is 2. The molecule has 0 fully saturated rings. The zero-order valence-corrected chi connectivity index (χ0v) is 23.1. The second-order valence-electron chi connectivity index (χ2n) is 8.91. The van der Waals surface area contributed by atoms with Gasteiger partial charge < -0.3 is 0 Å². The van der Waals surface area contributed by atoms with Crippen LogP contribution in [0.3, 0.4) is 0 Å². The summed E-state index contributed by atoms with van der Waals surface area (Å²) < 4.78 is 54.2. The summed E-state index contributed by atoms with van der Waals surface area (Å²) in [7, 11) is -8.07. The third kappa shape index (κ3) is 7.64. The fourth-order valence-electron chi connectivity index (χ4n) is 3.57. The number of sulfonamides is 1. The molecule has 4 N–H and O–H groups in total. The summed E-state index contributed by atoms with van der Waals surface area (Å²) in [5.74, 6) is -0.0661. The van der Waals surface area contributed by atoms with Crippen LogP contribution >= 0.6 is 23.2 Å². The highest BCUT2D eigenvalue weighted by Crippen LogP contribution is 2.24. The number of nitrogens with two attached hydrogens (primary N) is 1. The van der Waals surface area contributed by atoms with E-state index in [1.807, 2.05) is 19.1 Å². The van der Waals surface area contributed by atoms with E-state index in [2.05, 4.69) is 19.5 Å². The summed E-state index contributed by atoms with van der Waals surface area (Å²) in [6.07, 6.45) is 0.744. The second kappa shape index (κ2) is 11.0. The SMILES string of the molecule is CC[C@@H]1CN(C(=NCC(C)(C)NS(N)(=O)=O)NS(=O)(=O)c2ccc(Cl)cc2)N=C1c1ccc(Cl)cc1. The minimum Gasteiger partial charge on any atom is -0.249 e. The number of rotatable bonds is 8. The Labute approximate surface area is 221 Å². The van der Waals surface area contributed by atoms with Crippen molar-refractivity contribution < 1.29 is 16.8 Å². The number of hydrazone groups is 1. The van der Waals surface area contributed by atoms with Crippen LogP contribution in [-0.2, 0) is 20.2 Å². The van der Waals surface area contributed by atoms with Crippen molar-refractivity contribution in [1.82, 2.24) is 14.5 Å². The van der Waals surface area contributed by atoms with E-state index in [0.29, 0.717) is 16.6 Å². The molecule has 0 saturated heterocycles. The van der Waals surface area contributed by atoms with E-state index < -0.39 is 25.8 Å². The van der Waals surface area contributed by atoms with Crippen molar-refractivity contribution >= 4 is 55.1 Å². The van der Waals surface area contributed by atoms with Gasteiger partial charge in [-0.25, -0.2) is 28.3 Å². The van der Waals surface area contributed by atoms with Crippen LogP contribution in [0.25, 0.3) is 0 Å². The fourth-order valence-corrected chi connectivity index (χ4v) is 5.68. The number of hydrogen-bond acceptors (Lipinski definition) is 6. The van der Waals surface area contributed by atoms with Crippen molar-refractivity contribution in [1.29, 1.82) is 0 Å². The van der Waals surface area contributed by atoms with Gasteiger partial charge in [0.25, 0.3) is 20.2 Å². The molecule has 2 aromatic rings. The molecule has 0 bridgehead atoms. The van der Waals surface area contributed by atoms with Crippen molar-refractivity contribution in [3.05, 3.63) is 64.1 Å². The van der Waals surface area contributed by atoms with E-state index in [4.69, 9.17) is 28.3 Å². The summed E-state index contributed by atoms with van der Waals surface area (Å²) >= 11 is 11.9. The van der Waals surface area contributed by atoms with Gasteiger partial charge in [-0.2, -0.15) is 18.2 Å². The second-order valence-corrected chi connectivity index (χ2v) is 12.8. The first-order chi connectivity index (χ1) is 16.7. The maximum absolute atomic E-state index is 13.1. The molecule has 0 aromatic heterocycles. The van der Waals surface area contributed by atoms with E-state index in [0.717, 1.165) is 17.7 Å². The number of aliphatic imine (C=N–C) groups is 1. The number of halogens is 2. The lowest BCUT2D eigenvalue weighted by atomic mass is 9.95. The van der Waals surface area contributed by atoms with Crippen LogP contribution in [0.1, 0.15) is 32.8 Å². The van der Waals surface area contributed by atoms with Gasteiger partial charge in [0.15, 0.2) is 0 Å². The van der Waals surface area contributed by atoms with Gasteiger partial charge in [0, 0.05) is 21.5 Å². The van der Waals surface area contributed by atoms with E-state index in [1.165, 1.54) is 29.3 Å². The minimum absolute atomic E-state index is 0.00744. The van der Waals surface area contributed by atoms with Crippen molar-refractivity contribution in [2.75, 3.05) is 13.1 Å². The van der Waals surface area contributed by atoms with Crippen LogP contribution in [0.2, 0.25) is 10.0 Å². The Bertz CT molecular complexity index is 1360. The van der Waals surface area contributed by atoms with E-state index in [9.17, 15) is 16.8 Å². The van der Waals surface area contributed by atoms with Gasteiger partial charge in [0.1, 0.15) is 0 Å². The molecule has 36 heavy (non-hydrogen) atoms. The third-order valence-corrected chi connectivity index (χ3v) is 7.96. The monoisotopic (exact) mass is 574 g/mol. The molecule has 1 aliphatic rings. The Morgan fingerprint density at radius 1 is 1.08 bits per heavy atom. The molecule has 1 heterocycles. The van der Waals surface area contributed by atoms with Crippen LogP contribution in [0.4, 0.5) is 0 Å². The topological polar surface area (TPSA) is 146 Å². The third-order valence-electron chi connectivity index (χ3n) is 5.28. The number of benzene rings is 2. The molecule has 0 spiro atoms. The van der Waals surface area contributed by atoms with Crippen molar-refractivity contribution in [2.45, 2.75) is 37.6 Å². The van der Waals surface area contributed by atoms with Crippen LogP contribution in [0.15, 0.2) is 63.5 Å². The molecule has 3 rings (SSSR count). The molecule has 0 saturated carbocycles. The molecular weight excluding hydrogens is 547 g/mol. The molecule has 0 radical (unpaired) electrons. The van der Waals surface area contributed by atoms with Crippen molar-refractivity contribution in [3.63, 3.8) is 0 Å². The standard InChI is InChI=1S/C22H28Cl2N6O4S2/c1-4-15-13-30(27-20(15)16-5-7-17(23)8-6-16)21(26-14-22(2,3)29-36(25,33)34)28-35(31,32)19-11-9-18(24)10-12-19/h5-12,15,29H,4,13-14H2,1-3H3,(H,26,28)(H2,25,33,34)/t15-/m1/s1. The summed E-state index contributed by atoms with van der Waals surface area (Å²) in [4.78, 5) is 4.40. The molecule has 1 aliphatic heterocycles. The first-order valence-corrected chi connectivity index (χ1v) is 14.7. The highest BCUT2D eigenvalue weighted by Gasteiger charge is 2.32. The molecule has 1 atom stereocenters. The summed E-state index contributed by atoms with van der Waals surface area (Å²) in [5, 5.41) is 12.2. The molecular formula is C22H28Cl2N6O4S2. The van der Waals surface area contributed by atoms with E-state index in [1.54, 1.807) is 26.0 Å². The lowest BCUT2D eigenvalue weighted by Gasteiger charge is -2.25. The predicted octanol–water partition coefficient (Wildman–Crippen LogP) is 2.95. The smallest absolute Gasteiger partial charge is 0.249 e. The first kappa shape index (κ1) is 28.4. The average molecular weight is 576 g/mol. The van der Waals surface area contributed by atoms with E-state index >= 15 is 0 Å². The molecule has 0 unspecified atom stereocenters. The summed E-state index contributed by atoms with van der Waals surface area (Å²) in [5.41, 5.74) is 0.510. The lowest BCUT2D eigenvalue weighted by Crippen LogP contribution is -2.49. The molecule has 0 amide bonds. The van der Waals surface area contributed by atoms with Gasteiger partial charge in [0.2, 0.25) is 5.96 Å². The minimum atomic E-state index is -4.06. The predicted molar refractivity (Wildman–Crippen MR) is 143 cm³/mol. The normalized spacial score (nSPS) is 17.3. The van der Waals surface area contributed by atoms with E-state index in [-0.39, 0.29) is 23.3 Å².